The summed E-state index contributed by atoms with van der Waals surface area (Å²) in [5, 5.41) is 2.79. The first kappa shape index (κ1) is 20.4. The van der Waals surface area contributed by atoms with Gasteiger partial charge < -0.3 is 19.7 Å². The second kappa shape index (κ2) is 9.23. The Balaban J connectivity index is 1.49. The molecular weight excluding hydrogens is 372 g/mol. The first-order chi connectivity index (χ1) is 14.0. The minimum atomic E-state index is -0.594. The molecular formula is C22H24N2O5. The number of ether oxygens (including phenoxy) is 2. The van der Waals surface area contributed by atoms with Gasteiger partial charge in [-0.05, 0) is 36.8 Å². The van der Waals surface area contributed by atoms with Gasteiger partial charge in [-0.25, -0.2) is 0 Å². The average molecular weight is 396 g/mol. The molecule has 0 saturated carbocycles. The van der Waals surface area contributed by atoms with E-state index in [-0.39, 0.29) is 37.4 Å². The Labute approximate surface area is 169 Å². The molecule has 1 fully saturated rings. The topological polar surface area (TPSA) is 84.9 Å². The molecule has 2 atom stereocenters. The minimum absolute atomic E-state index is 0.0624. The van der Waals surface area contributed by atoms with Gasteiger partial charge in [0.15, 0.2) is 6.61 Å². The summed E-state index contributed by atoms with van der Waals surface area (Å²) in [6.07, 6.45) is 0.0624. The summed E-state index contributed by atoms with van der Waals surface area (Å²) in [5.41, 5.74) is 1.66. The minimum Gasteiger partial charge on any atom is -0.497 e. The van der Waals surface area contributed by atoms with Crippen LogP contribution in [0.1, 0.15) is 24.9 Å². The van der Waals surface area contributed by atoms with Crippen LogP contribution in [-0.2, 0) is 19.1 Å². The van der Waals surface area contributed by atoms with Gasteiger partial charge in [0.1, 0.15) is 5.75 Å². The van der Waals surface area contributed by atoms with E-state index in [1.807, 2.05) is 37.3 Å². The van der Waals surface area contributed by atoms with Gasteiger partial charge in [0, 0.05) is 18.7 Å². The summed E-state index contributed by atoms with van der Waals surface area (Å²) >= 11 is 0. The third-order valence-corrected chi connectivity index (χ3v) is 4.87. The number of rotatable bonds is 7. The lowest BCUT2D eigenvalue weighted by molar-refractivity contribution is -0.152. The lowest BCUT2D eigenvalue weighted by Gasteiger charge is -2.17. The Kier molecular flexibility index (Phi) is 6.49. The standard InChI is InChI=1S/C22H24N2O5/c1-15(16-6-4-3-5-7-16)23-20(25)14-29-22(27)17-12-21(26)24(13-17)18-8-10-19(28-2)11-9-18/h3-11,15,17H,12-14H2,1-2H3,(H,23,25)/t15-,17+/m0/s1. The van der Waals surface area contributed by atoms with Crippen molar-refractivity contribution in [2.24, 2.45) is 5.92 Å². The maximum absolute atomic E-state index is 12.3. The van der Waals surface area contributed by atoms with Crippen molar-refractivity contribution in [1.29, 1.82) is 0 Å². The molecule has 1 saturated heterocycles. The van der Waals surface area contributed by atoms with Gasteiger partial charge in [0.25, 0.3) is 5.91 Å². The Morgan fingerprint density at radius 3 is 2.48 bits per heavy atom. The van der Waals surface area contributed by atoms with Crippen LogP contribution < -0.4 is 15.0 Å². The number of benzene rings is 2. The highest BCUT2D eigenvalue weighted by atomic mass is 16.5. The Morgan fingerprint density at radius 1 is 1.14 bits per heavy atom. The lowest BCUT2D eigenvalue weighted by atomic mass is 10.1. The summed E-state index contributed by atoms with van der Waals surface area (Å²) in [7, 11) is 1.57. The molecule has 1 N–H and O–H groups in total. The fourth-order valence-electron chi connectivity index (χ4n) is 3.24. The van der Waals surface area contributed by atoms with Gasteiger partial charge >= 0.3 is 5.97 Å². The van der Waals surface area contributed by atoms with Crippen LogP contribution in [-0.4, -0.2) is 38.0 Å². The quantitative estimate of drug-likeness (QED) is 0.727. The Bertz CT molecular complexity index is 867. The molecule has 0 bridgehead atoms. The summed E-state index contributed by atoms with van der Waals surface area (Å²) in [5.74, 6) is -0.988. The molecule has 2 amide bonds. The van der Waals surface area contributed by atoms with Crippen molar-refractivity contribution >= 4 is 23.5 Å². The lowest BCUT2D eigenvalue weighted by Crippen LogP contribution is -2.32. The van der Waals surface area contributed by atoms with Gasteiger partial charge in [-0.3, -0.25) is 14.4 Å². The number of anilines is 1. The van der Waals surface area contributed by atoms with Gasteiger partial charge in [0.05, 0.1) is 19.1 Å². The van der Waals surface area contributed by atoms with Crippen LogP contribution in [0.2, 0.25) is 0 Å². The molecule has 7 heteroatoms. The first-order valence-corrected chi connectivity index (χ1v) is 9.43. The maximum atomic E-state index is 12.3. The fraction of sp³-hybridized carbons (Fsp3) is 0.318. The van der Waals surface area contributed by atoms with Crippen molar-refractivity contribution in [2.75, 3.05) is 25.2 Å². The molecule has 29 heavy (non-hydrogen) atoms. The molecule has 1 heterocycles. The van der Waals surface area contributed by atoms with E-state index in [2.05, 4.69) is 5.32 Å². The SMILES string of the molecule is COc1ccc(N2C[C@H](C(=O)OCC(=O)N[C@@H](C)c3ccccc3)CC2=O)cc1. The molecule has 2 aromatic carbocycles. The van der Waals surface area contributed by atoms with Gasteiger partial charge in [-0.2, -0.15) is 0 Å². The van der Waals surface area contributed by atoms with Crippen LogP contribution in [0.5, 0.6) is 5.75 Å². The highest BCUT2D eigenvalue weighted by Crippen LogP contribution is 2.27. The number of methoxy groups -OCH3 is 1. The zero-order valence-electron chi connectivity index (χ0n) is 16.5. The second-order valence-corrected chi connectivity index (χ2v) is 6.91. The smallest absolute Gasteiger partial charge is 0.311 e. The molecule has 1 aliphatic heterocycles. The van der Waals surface area contributed by atoms with Crippen LogP contribution in [0.25, 0.3) is 0 Å². The fourth-order valence-corrected chi connectivity index (χ4v) is 3.24. The third kappa shape index (κ3) is 5.13. The van der Waals surface area contributed by atoms with Crippen LogP contribution in [0, 0.1) is 5.92 Å². The number of nitrogens with zero attached hydrogens (tertiary/aromatic N) is 1. The van der Waals surface area contributed by atoms with Crippen LogP contribution in [0.3, 0.4) is 0 Å². The monoisotopic (exact) mass is 396 g/mol. The second-order valence-electron chi connectivity index (χ2n) is 6.91. The molecule has 7 nitrogen and oxygen atoms in total. The van der Waals surface area contributed by atoms with Crippen molar-refractivity contribution < 1.29 is 23.9 Å². The van der Waals surface area contributed by atoms with Crippen LogP contribution in [0.15, 0.2) is 54.6 Å². The molecule has 2 aromatic rings. The third-order valence-electron chi connectivity index (χ3n) is 4.87. The molecule has 152 valence electrons. The molecule has 0 radical (unpaired) electrons. The maximum Gasteiger partial charge on any atom is 0.311 e. The van der Waals surface area contributed by atoms with E-state index in [9.17, 15) is 14.4 Å². The summed E-state index contributed by atoms with van der Waals surface area (Å²) < 4.78 is 10.3. The highest BCUT2D eigenvalue weighted by molar-refractivity contribution is 5.99. The normalized spacial score (nSPS) is 17.0. The molecule has 0 unspecified atom stereocenters. The van der Waals surface area contributed by atoms with E-state index in [1.165, 1.54) is 0 Å². The van der Waals surface area contributed by atoms with E-state index in [0.717, 1.165) is 5.56 Å². The molecule has 3 rings (SSSR count). The average Bonchev–Trinajstić information content (AvgIpc) is 3.14. The number of amides is 2. The molecule has 0 aliphatic carbocycles. The van der Waals surface area contributed by atoms with Gasteiger partial charge in [-0.1, -0.05) is 30.3 Å². The number of carbonyl (C=O) groups excluding carboxylic acids is 3. The predicted octanol–water partition coefficient (Wildman–Crippen LogP) is 2.47. The number of hydrogen-bond donors (Lipinski definition) is 1. The van der Waals surface area contributed by atoms with E-state index in [1.54, 1.807) is 36.3 Å². The van der Waals surface area contributed by atoms with Gasteiger partial charge in [-0.15, -0.1) is 0 Å². The number of hydrogen-bond acceptors (Lipinski definition) is 5. The van der Waals surface area contributed by atoms with Gasteiger partial charge in [0.2, 0.25) is 5.91 Å². The summed E-state index contributed by atoms with van der Waals surface area (Å²) in [6.45, 7) is 1.71. The Hall–Kier alpha value is -3.35. The van der Waals surface area contributed by atoms with E-state index < -0.39 is 11.9 Å². The van der Waals surface area contributed by atoms with Crippen molar-refractivity contribution in [3.05, 3.63) is 60.2 Å². The van der Waals surface area contributed by atoms with Crippen molar-refractivity contribution in [1.82, 2.24) is 5.32 Å². The first-order valence-electron chi connectivity index (χ1n) is 9.43. The molecule has 0 spiro atoms. The predicted molar refractivity (Wildman–Crippen MR) is 107 cm³/mol. The highest BCUT2D eigenvalue weighted by Gasteiger charge is 2.36. The van der Waals surface area contributed by atoms with Crippen molar-refractivity contribution in [3.63, 3.8) is 0 Å². The molecule has 1 aliphatic rings. The van der Waals surface area contributed by atoms with E-state index in [4.69, 9.17) is 9.47 Å². The molecule has 0 aromatic heterocycles. The van der Waals surface area contributed by atoms with Crippen LogP contribution >= 0.6 is 0 Å². The number of nitrogens with one attached hydrogen (secondary N) is 1. The van der Waals surface area contributed by atoms with Crippen molar-refractivity contribution in [3.8, 4) is 5.75 Å². The summed E-state index contributed by atoms with van der Waals surface area (Å²) in [4.78, 5) is 38.2. The van der Waals surface area contributed by atoms with E-state index >= 15 is 0 Å². The zero-order chi connectivity index (χ0) is 20.8. The largest absolute Gasteiger partial charge is 0.497 e. The zero-order valence-corrected chi connectivity index (χ0v) is 16.5. The Morgan fingerprint density at radius 2 is 1.83 bits per heavy atom. The summed E-state index contributed by atoms with van der Waals surface area (Å²) in [6, 6.07) is 16.4. The van der Waals surface area contributed by atoms with Crippen LogP contribution in [0.4, 0.5) is 5.69 Å². The van der Waals surface area contributed by atoms with Crippen molar-refractivity contribution in [2.45, 2.75) is 19.4 Å². The number of esters is 1. The number of carbonyl (C=O) groups is 3. The van der Waals surface area contributed by atoms with E-state index in [0.29, 0.717) is 11.4 Å².